The fourth-order valence-corrected chi connectivity index (χ4v) is 5.61. The van der Waals surface area contributed by atoms with E-state index in [0.717, 1.165) is 27.8 Å². The van der Waals surface area contributed by atoms with Crippen LogP contribution >= 0.6 is 0 Å². The number of dihydropyridines is 1. The van der Waals surface area contributed by atoms with Crippen molar-refractivity contribution in [1.29, 1.82) is 0 Å². The van der Waals surface area contributed by atoms with Crippen molar-refractivity contribution >= 4 is 28.2 Å². The number of methoxy groups -OCH3 is 1. The van der Waals surface area contributed by atoms with Gasteiger partial charge in [-0.15, -0.1) is 0 Å². The first-order valence-electron chi connectivity index (χ1n) is 13.3. The zero-order valence-electron chi connectivity index (χ0n) is 22.6. The van der Waals surface area contributed by atoms with Crippen LogP contribution in [0.1, 0.15) is 46.8 Å². The molecule has 0 fully saturated rings. The first-order chi connectivity index (χ1) is 19.5. The van der Waals surface area contributed by atoms with Crippen molar-refractivity contribution in [3.63, 3.8) is 0 Å². The summed E-state index contributed by atoms with van der Waals surface area (Å²) in [6, 6.07) is 27.5. The number of rotatable bonds is 7. The molecule has 200 valence electrons. The van der Waals surface area contributed by atoms with E-state index in [2.05, 4.69) is 35.6 Å². The van der Waals surface area contributed by atoms with E-state index < -0.39 is 11.9 Å². The van der Waals surface area contributed by atoms with Gasteiger partial charge in [0, 0.05) is 28.3 Å². The van der Waals surface area contributed by atoms with Crippen LogP contribution in [0.15, 0.2) is 102 Å². The van der Waals surface area contributed by atoms with E-state index in [1.165, 1.54) is 5.39 Å². The molecule has 0 amide bonds. The molecule has 40 heavy (non-hydrogen) atoms. The lowest BCUT2D eigenvalue weighted by atomic mass is 9.79. The normalized spacial score (nSPS) is 16.0. The van der Waals surface area contributed by atoms with E-state index in [1.54, 1.807) is 14.0 Å². The van der Waals surface area contributed by atoms with Crippen LogP contribution in [0, 0.1) is 0 Å². The molecular formula is C34H29NO5. The van der Waals surface area contributed by atoms with Crippen molar-refractivity contribution in [2.45, 2.75) is 26.4 Å². The zero-order valence-corrected chi connectivity index (χ0v) is 22.6. The van der Waals surface area contributed by atoms with Gasteiger partial charge in [0.25, 0.3) is 0 Å². The Balaban J connectivity index is 1.37. The van der Waals surface area contributed by atoms with Crippen molar-refractivity contribution < 1.29 is 23.8 Å². The Hall–Kier alpha value is -4.84. The average Bonchev–Trinajstić information content (AvgIpc) is 3.26. The number of carbonyl (C=O) groups excluding carboxylic acids is 2. The molecule has 1 heterocycles. The third-order valence-corrected chi connectivity index (χ3v) is 7.47. The number of nitrogens with one attached hydrogen (secondary N) is 1. The summed E-state index contributed by atoms with van der Waals surface area (Å²) < 4.78 is 17.3. The molecule has 0 spiro atoms. The fraction of sp³-hybridized carbons (Fsp3) is 0.176. The van der Waals surface area contributed by atoms with Crippen molar-refractivity contribution in [1.82, 2.24) is 5.32 Å². The van der Waals surface area contributed by atoms with Crippen LogP contribution in [0.2, 0.25) is 0 Å². The van der Waals surface area contributed by atoms with E-state index >= 15 is 0 Å². The van der Waals surface area contributed by atoms with E-state index in [4.69, 9.17) is 14.2 Å². The number of carbonyl (C=O) groups is 2. The van der Waals surface area contributed by atoms with Gasteiger partial charge in [-0.3, -0.25) is 4.79 Å². The van der Waals surface area contributed by atoms with Gasteiger partial charge in [0.1, 0.15) is 6.61 Å². The summed E-state index contributed by atoms with van der Waals surface area (Å²) >= 11 is 0. The summed E-state index contributed by atoms with van der Waals surface area (Å²) in [4.78, 5) is 26.9. The van der Waals surface area contributed by atoms with E-state index in [0.29, 0.717) is 40.5 Å². The highest BCUT2D eigenvalue weighted by molar-refractivity contribution is 6.23. The average molecular weight is 532 g/mol. The van der Waals surface area contributed by atoms with Gasteiger partial charge in [0.15, 0.2) is 17.3 Å². The summed E-state index contributed by atoms with van der Waals surface area (Å²) in [5, 5.41) is 5.65. The molecule has 0 saturated heterocycles. The van der Waals surface area contributed by atoms with Gasteiger partial charge < -0.3 is 19.5 Å². The number of hydrogen-bond donors (Lipinski definition) is 1. The Morgan fingerprint density at radius 3 is 2.40 bits per heavy atom. The molecule has 4 aromatic carbocycles. The second kappa shape index (κ2) is 10.4. The van der Waals surface area contributed by atoms with E-state index in [9.17, 15) is 9.59 Å². The lowest BCUT2D eigenvalue weighted by Crippen LogP contribution is -2.29. The highest BCUT2D eigenvalue weighted by Gasteiger charge is 2.43. The Labute approximate surface area is 232 Å². The third kappa shape index (κ3) is 4.31. The first-order valence-corrected chi connectivity index (χ1v) is 13.3. The van der Waals surface area contributed by atoms with Crippen LogP contribution in [0.5, 0.6) is 11.5 Å². The zero-order chi connectivity index (χ0) is 27.8. The molecule has 1 aliphatic carbocycles. The number of Topliss-reactive ketones (excluding diaryl/α,β-unsaturated/α-hetero) is 1. The van der Waals surface area contributed by atoms with Crippen LogP contribution in [0.25, 0.3) is 16.5 Å². The van der Waals surface area contributed by atoms with Gasteiger partial charge in [-0.25, -0.2) is 4.79 Å². The predicted octanol–water partition coefficient (Wildman–Crippen LogP) is 6.56. The van der Waals surface area contributed by atoms with Gasteiger partial charge in [-0.05, 0) is 53.9 Å². The number of allylic oxidation sites excluding steroid dienone is 2. The number of hydrogen-bond acceptors (Lipinski definition) is 6. The molecule has 1 aliphatic heterocycles. The highest BCUT2D eigenvalue weighted by atomic mass is 16.5. The number of esters is 1. The molecule has 6 nitrogen and oxygen atoms in total. The van der Waals surface area contributed by atoms with E-state index in [-0.39, 0.29) is 12.4 Å². The molecule has 6 rings (SSSR count). The molecule has 0 bridgehead atoms. The van der Waals surface area contributed by atoms with Crippen LogP contribution in [-0.2, 0) is 16.1 Å². The molecule has 1 atom stereocenters. The second-order valence-electron chi connectivity index (χ2n) is 9.86. The Bertz CT molecular complexity index is 1730. The van der Waals surface area contributed by atoms with Gasteiger partial charge in [-0.2, -0.15) is 0 Å². The fourth-order valence-electron chi connectivity index (χ4n) is 5.61. The minimum absolute atomic E-state index is 0.104. The van der Waals surface area contributed by atoms with Crippen molar-refractivity contribution in [3.8, 4) is 11.5 Å². The monoisotopic (exact) mass is 531 g/mol. The van der Waals surface area contributed by atoms with Gasteiger partial charge in [0.05, 0.1) is 25.0 Å². The lowest BCUT2D eigenvalue weighted by Gasteiger charge is -2.29. The number of ether oxygens (including phenoxy) is 3. The Morgan fingerprint density at radius 1 is 0.875 bits per heavy atom. The molecule has 6 heteroatoms. The minimum atomic E-state index is -0.626. The number of ketones is 1. The van der Waals surface area contributed by atoms with E-state index in [1.807, 2.05) is 61.5 Å². The molecule has 0 saturated carbocycles. The van der Waals surface area contributed by atoms with Gasteiger partial charge in [-0.1, -0.05) is 66.7 Å². The topological polar surface area (TPSA) is 73.9 Å². The highest BCUT2D eigenvalue weighted by Crippen LogP contribution is 2.48. The van der Waals surface area contributed by atoms with Crippen LogP contribution < -0.4 is 14.8 Å². The van der Waals surface area contributed by atoms with Crippen molar-refractivity contribution in [2.75, 3.05) is 13.7 Å². The summed E-state index contributed by atoms with van der Waals surface area (Å²) in [5.41, 5.74) is 5.55. The van der Waals surface area contributed by atoms with Crippen LogP contribution in [0.4, 0.5) is 0 Å². The van der Waals surface area contributed by atoms with Crippen molar-refractivity contribution in [2.24, 2.45) is 0 Å². The Morgan fingerprint density at radius 2 is 1.62 bits per heavy atom. The number of benzene rings is 4. The molecular weight excluding hydrogens is 502 g/mol. The minimum Gasteiger partial charge on any atom is -0.493 e. The largest absolute Gasteiger partial charge is 0.493 e. The molecule has 0 radical (unpaired) electrons. The summed E-state index contributed by atoms with van der Waals surface area (Å²) in [7, 11) is 1.58. The third-order valence-electron chi connectivity index (χ3n) is 7.47. The first kappa shape index (κ1) is 25.4. The summed E-state index contributed by atoms with van der Waals surface area (Å²) in [6.45, 7) is 4.20. The smallest absolute Gasteiger partial charge is 0.336 e. The quantitative estimate of drug-likeness (QED) is 0.272. The van der Waals surface area contributed by atoms with Crippen LogP contribution in [-0.4, -0.2) is 25.5 Å². The Kier molecular flexibility index (Phi) is 6.60. The van der Waals surface area contributed by atoms with Gasteiger partial charge >= 0.3 is 5.97 Å². The maximum atomic E-state index is 13.7. The second-order valence-corrected chi connectivity index (χ2v) is 9.86. The van der Waals surface area contributed by atoms with Crippen molar-refractivity contribution in [3.05, 3.63) is 124 Å². The number of fused-ring (bicyclic) bond motifs is 3. The maximum Gasteiger partial charge on any atom is 0.336 e. The molecule has 4 aromatic rings. The van der Waals surface area contributed by atoms with Crippen LogP contribution in [0.3, 0.4) is 0 Å². The van der Waals surface area contributed by atoms with Gasteiger partial charge in [0.2, 0.25) is 0 Å². The standard InChI is InChI=1S/C34H29NO5/c1-4-39-34(37)29-20(2)35-32-25-11-7-8-12-26(25)33(36)31(32)30(29)24-15-16-27(28(18-24)38-3)40-19-21-13-14-22-9-5-6-10-23(22)17-21/h5-18,30,35H,4,19H2,1-3H3/t30-/m1/s1. The molecule has 0 unspecified atom stereocenters. The lowest BCUT2D eigenvalue weighted by molar-refractivity contribution is -0.138. The molecule has 2 aliphatic rings. The SMILES string of the molecule is CCOC(=O)C1=C(C)NC2=C(C(=O)c3ccccc32)[C@@H]1c1ccc(OCc2ccc3ccccc3c2)c(OC)c1. The maximum absolute atomic E-state index is 13.7. The molecule has 1 N–H and O–H groups in total. The predicted molar refractivity (Wildman–Crippen MR) is 154 cm³/mol. The molecule has 0 aromatic heterocycles. The summed E-state index contributed by atoms with van der Waals surface area (Å²) in [5.74, 6) is -0.0974. The summed E-state index contributed by atoms with van der Waals surface area (Å²) in [6.07, 6.45) is 0.